The van der Waals surface area contributed by atoms with Crippen molar-refractivity contribution in [2.45, 2.75) is 90.1 Å². The summed E-state index contributed by atoms with van der Waals surface area (Å²) in [6, 6.07) is 3.85. The van der Waals surface area contributed by atoms with Crippen molar-refractivity contribution in [2.24, 2.45) is 18.7 Å². The number of pyridine rings is 2. The lowest BCUT2D eigenvalue weighted by molar-refractivity contribution is -0.134. The lowest BCUT2D eigenvalue weighted by Gasteiger charge is -2.40. The Hall–Kier alpha value is -3.17. The summed E-state index contributed by atoms with van der Waals surface area (Å²) in [5.74, 6) is 1.57. The van der Waals surface area contributed by atoms with E-state index < -0.39 is 0 Å². The minimum Gasteiger partial charge on any atom is -0.491 e. The summed E-state index contributed by atoms with van der Waals surface area (Å²) in [6.07, 6.45) is 17.5. The van der Waals surface area contributed by atoms with Gasteiger partial charge in [-0.05, 0) is 57.2 Å². The SMILES string of the molecule is CC1CN(C(=O)CCCCCCCCCCN)CCN1Cc1c(-c2ccncc2OCC2CC2)c2occc2c(=O)n1C. The van der Waals surface area contributed by atoms with E-state index in [0.717, 1.165) is 49.2 Å². The maximum atomic E-state index is 13.4. The fraction of sp³-hybridized carbons (Fsp3) is 0.618. The van der Waals surface area contributed by atoms with E-state index in [1.807, 2.05) is 18.0 Å². The van der Waals surface area contributed by atoms with Gasteiger partial charge in [-0.15, -0.1) is 0 Å². The van der Waals surface area contributed by atoms with Gasteiger partial charge < -0.3 is 24.4 Å². The van der Waals surface area contributed by atoms with Gasteiger partial charge in [-0.1, -0.05) is 38.5 Å². The molecule has 1 saturated heterocycles. The van der Waals surface area contributed by atoms with Gasteiger partial charge in [0.1, 0.15) is 11.3 Å². The Kier molecular flexibility index (Phi) is 10.9. The monoisotopic (exact) mass is 591 g/mol. The third-order valence-corrected chi connectivity index (χ3v) is 9.16. The van der Waals surface area contributed by atoms with Gasteiger partial charge in [0.25, 0.3) is 5.56 Å². The molecule has 0 aromatic carbocycles. The van der Waals surface area contributed by atoms with Crippen LogP contribution in [-0.4, -0.2) is 64.1 Å². The maximum absolute atomic E-state index is 13.4. The molecule has 1 aliphatic heterocycles. The molecule has 234 valence electrons. The van der Waals surface area contributed by atoms with Crippen LogP contribution in [-0.2, 0) is 18.4 Å². The van der Waals surface area contributed by atoms with Crippen molar-refractivity contribution in [2.75, 3.05) is 32.8 Å². The van der Waals surface area contributed by atoms with E-state index in [1.165, 1.54) is 44.9 Å². The minimum absolute atomic E-state index is 0.0750. The van der Waals surface area contributed by atoms with Gasteiger partial charge in [0.15, 0.2) is 0 Å². The zero-order valence-electron chi connectivity index (χ0n) is 26.1. The molecule has 1 unspecified atom stereocenters. The highest BCUT2D eigenvalue weighted by atomic mass is 16.5. The number of piperazine rings is 1. The van der Waals surface area contributed by atoms with Crippen molar-refractivity contribution in [3.05, 3.63) is 46.8 Å². The van der Waals surface area contributed by atoms with Crippen LogP contribution in [0.5, 0.6) is 5.75 Å². The summed E-state index contributed by atoms with van der Waals surface area (Å²) in [6.45, 7) is 6.34. The number of carbonyl (C=O) groups is 1. The van der Waals surface area contributed by atoms with E-state index in [1.54, 1.807) is 29.3 Å². The number of furan rings is 1. The molecule has 0 bridgehead atoms. The molecule has 5 rings (SSSR count). The Bertz CT molecular complexity index is 1410. The summed E-state index contributed by atoms with van der Waals surface area (Å²) in [7, 11) is 1.84. The lowest BCUT2D eigenvalue weighted by Crippen LogP contribution is -2.53. The van der Waals surface area contributed by atoms with Crippen LogP contribution in [0.1, 0.15) is 83.2 Å². The predicted octanol–water partition coefficient (Wildman–Crippen LogP) is 5.48. The zero-order chi connectivity index (χ0) is 30.2. The van der Waals surface area contributed by atoms with E-state index in [4.69, 9.17) is 14.9 Å². The Morgan fingerprint density at radius 2 is 1.81 bits per heavy atom. The smallest absolute Gasteiger partial charge is 0.261 e. The van der Waals surface area contributed by atoms with Crippen LogP contribution in [0, 0.1) is 5.92 Å². The molecule has 1 amide bonds. The highest BCUT2D eigenvalue weighted by Gasteiger charge is 2.30. The van der Waals surface area contributed by atoms with Gasteiger partial charge >= 0.3 is 0 Å². The number of fused-ring (bicyclic) bond motifs is 1. The van der Waals surface area contributed by atoms with Gasteiger partial charge in [-0.3, -0.25) is 19.5 Å². The normalized spacial score (nSPS) is 17.6. The number of hydrogen-bond donors (Lipinski definition) is 1. The molecule has 0 radical (unpaired) electrons. The van der Waals surface area contributed by atoms with Crippen molar-refractivity contribution in [3.8, 4) is 16.9 Å². The number of hydrogen-bond acceptors (Lipinski definition) is 7. The van der Waals surface area contributed by atoms with Crippen LogP contribution >= 0.6 is 0 Å². The van der Waals surface area contributed by atoms with Crippen LogP contribution in [0.3, 0.4) is 0 Å². The summed E-state index contributed by atoms with van der Waals surface area (Å²) in [5.41, 5.74) is 8.71. The number of ether oxygens (including phenoxy) is 1. The molecule has 4 heterocycles. The molecule has 1 atom stereocenters. The molecule has 9 heteroatoms. The first-order valence-corrected chi connectivity index (χ1v) is 16.4. The summed E-state index contributed by atoms with van der Waals surface area (Å²) >= 11 is 0. The summed E-state index contributed by atoms with van der Waals surface area (Å²) in [4.78, 5) is 35.1. The van der Waals surface area contributed by atoms with Gasteiger partial charge in [0, 0.05) is 68.7 Å². The number of rotatable bonds is 16. The second-order valence-corrected chi connectivity index (χ2v) is 12.5. The van der Waals surface area contributed by atoms with Crippen molar-refractivity contribution in [1.29, 1.82) is 0 Å². The van der Waals surface area contributed by atoms with E-state index in [2.05, 4.69) is 16.8 Å². The van der Waals surface area contributed by atoms with E-state index >= 15 is 0 Å². The molecular weight excluding hydrogens is 542 g/mol. The standard InChI is InChI=1S/C34H49N5O4/c1-25-22-39(31(40)11-9-7-5-3-4-6-8-10-16-35)19-18-38(25)23-29-32(33-28(15-20-42-33)34(41)37(29)2)27-14-17-36-21-30(27)43-24-26-12-13-26/h14-15,17,20-21,25-26H,3-13,16,18-19,22-24,35H2,1-2H3. The molecule has 3 aromatic rings. The zero-order valence-corrected chi connectivity index (χ0v) is 26.1. The third-order valence-electron chi connectivity index (χ3n) is 9.16. The maximum Gasteiger partial charge on any atom is 0.261 e. The molecule has 9 nitrogen and oxygen atoms in total. The second-order valence-electron chi connectivity index (χ2n) is 12.5. The van der Waals surface area contributed by atoms with Crippen molar-refractivity contribution in [3.63, 3.8) is 0 Å². The van der Waals surface area contributed by atoms with Crippen LogP contribution in [0.15, 0.2) is 40.0 Å². The first-order chi connectivity index (χ1) is 21.0. The Morgan fingerprint density at radius 3 is 2.53 bits per heavy atom. The van der Waals surface area contributed by atoms with E-state index in [-0.39, 0.29) is 17.5 Å². The molecule has 2 fully saturated rings. The molecule has 43 heavy (non-hydrogen) atoms. The molecule has 2 aliphatic rings. The first-order valence-electron chi connectivity index (χ1n) is 16.4. The number of amides is 1. The Balaban J connectivity index is 1.23. The van der Waals surface area contributed by atoms with Crippen LogP contribution in [0.2, 0.25) is 0 Å². The molecule has 0 spiro atoms. The van der Waals surface area contributed by atoms with Crippen LogP contribution in [0.4, 0.5) is 0 Å². The van der Waals surface area contributed by atoms with Gasteiger partial charge in [0.05, 0.1) is 24.5 Å². The minimum atomic E-state index is -0.0750. The van der Waals surface area contributed by atoms with Crippen LogP contribution in [0.25, 0.3) is 22.1 Å². The molecule has 2 N–H and O–H groups in total. The van der Waals surface area contributed by atoms with Gasteiger partial charge in [-0.25, -0.2) is 0 Å². The number of nitrogens with zero attached hydrogens (tertiary/aromatic N) is 4. The predicted molar refractivity (Wildman–Crippen MR) is 170 cm³/mol. The third kappa shape index (κ3) is 7.87. The molecule has 3 aromatic heterocycles. The Labute approximate surface area is 255 Å². The van der Waals surface area contributed by atoms with Crippen molar-refractivity contribution in [1.82, 2.24) is 19.4 Å². The first kappa shape index (κ1) is 31.3. The lowest BCUT2D eigenvalue weighted by atomic mass is 10.0. The highest BCUT2D eigenvalue weighted by molar-refractivity contribution is 5.94. The molecular formula is C34H49N5O4. The largest absolute Gasteiger partial charge is 0.491 e. The quantitative estimate of drug-likeness (QED) is 0.220. The van der Waals surface area contributed by atoms with Crippen molar-refractivity contribution >= 4 is 16.9 Å². The topological polar surface area (TPSA) is 107 Å². The fourth-order valence-corrected chi connectivity index (χ4v) is 6.22. The summed E-state index contributed by atoms with van der Waals surface area (Å²) in [5, 5.41) is 0.557. The fourth-order valence-electron chi connectivity index (χ4n) is 6.22. The van der Waals surface area contributed by atoms with Gasteiger partial charge in [0.2, 0.25) is 5.91 Å². The molecule has 1 aliphatic carbocycles. The van der Waals surface area contributed by atoms with Gasteiger partial charge in [-0.2, -0.15) is 0 Å². The number of nitrogens with two attached hydrogens (primary N) is 1. The number of aromatic nitrogens is 2. The number of unbranched alkanes of at least 4 members (excludes halogenated alkanes) is 7. The molecule has 1 saturated carbocycles. The van der Waals surface area contributed by atoms with Crippen molar-refractivity contribution < 1.29 is 13.9 Å². The average molecular weight is 592 g/mol. The second kappa shape index (κ2) is 15.0. The highest BCUT2D eigenvalue weighted by Crippen LogP contribution is 2.38. The number of carbonyl (C=O) groups excluding carboxylic acids is 1. The summed E-state index contributed by atoms with van der Waals surface area (Å²) < 4.78 is 13.9. The van der Waals surface area contributed by atoms with Crippen LogP contribution < -0.4 is 16.0 Å². The average Bonchev–Trinajstić information content (AvgIpc) is 3.72. The van der Waals surface area contributed by atoms with E-state index in [9.17, 15) is 9.59 Å². The Morgan fingerprint density at radius 1 is 1.07 bits per heavy atom. The van der Waals surface area contributed by atoms with E-state index in [0.29, 0.717) is 55.3 Å².